The second-order valence-electron chi connectivity index (χ2n) is 5.58. The van der Waals surface area contributed by atoms with Crippen LogP contribution in [-0.2, 0) is 6.42 Å². The monoisotopic (exact) mass is 300 g/mol. The Morgan fingerprint density at radius 2 is 1.96 bits per heavy atom. The highest BCUT2D eigenvalue weighted by Crippen LogP contribution is 2.26. The Morgan fingerprint density at radius 1 is 1.04 bits per heavy atom. The fraction of sp³-hybridized carbons (Fsp3) is 0.105. The van der Waals surface area contributed by atoms with Crippen LogP contribution >= 0.6 is 0 Å². The average Bonchev–Trinajstić information content (AvgIpc) is 3.01. The molecule has 4 rings (SSSR count). The van der Waals surface area contributed by atoms with Crippen molar-refractivity contribution in [3.63, 3.8) is 0 Å². The number of nitrogens with one attached hydrogen (secondary N) is 1. The molecule has 3 aromatic heterocycles. The van der Waals surface area contributed by atoms with Crippen LogP contribution in [0.25, 0.3) is 22.2 Å². The summed E-state index contributed by atoms with van der Waals surface area (Å²) in [6, 6.07) is 12.3. The van der Waals surface area contributed by atoms with E-state index in [1.807, 2.05) is 30.7 Å². The van der Waals surface area contributed by atoms with E-state index >= 15 is 0 Å². The first-order chi connectivity index (χ1) is 11.3. The molecule has 112 valence electrons. The van der Waals surface area contributed by atoms with Gasteiger partial charge in [-0.2, -0.15) is 0 Å². The molecule has 4 aromatic rings. The zero-order chi connectivity index (χ0) is 15.6. The standard InChI is InChI=1S/C19H16N4/c1-13-4-2-3-5-14(13)10-19-21-9-7-18(23-19)16-12-22-17-6-8-20-11-15(16)17/h2-9,11-12,22H,10H2,1H3. The van der Waals surface area contributed by atoms with Crippen molar-refractivity contribution < 1.29 is 0 Å². The number of aromatic amines is 1. The van der Waals surface area contributed by atoms with E-state index in [-0.39, 0.29) is 0 Å². The lowest BCUT2D eigenvalue weighted by Gasteiger charge is -2.06. The van der Waals surface area contributed by atoms with Crippen molar-refractivity contribution in [2.24, 2.45) is 0 Å². The number of rotatable bonds is 3. The number of nitrogens with zero attached hydrogens (tertiary/aromatic N) is 3. The quantitative estimate of drug-likeness (QED) is 0.624. The van der Waals surface area contributed by atoms with Crippen LogP contribution in [0.2, 0.25) is 0 Å². The van der Waals surface area contributed by atoms with Crippen LogP contribution in [-0.4, -0.2) is 19.9 Å². The molecule has 0 fully saturated rings. The Bertz CT molecular complexity index is 972. The summed E-state index contributed by atoms with van der Waals surface area (Å²) in [6.45, 7) is 2.12. The summed E-state index contributed by atoms with van der Waals surface area (Å²) in [5.74, 6) is 0.829. The van der Waals surface area contributed by atoms with E-state index in [2.05, 4.69) is 46.1 Å². The van der Waals surface area contributed by atoms with Gasteiger partial charge in [-0.15, -0.1) is 0 Å². The van der Waals surface area contributed by atoms with E-state index in [4.69, 9.17) is 4.98 Å². The van der Waals surface area contributed by atoms with Crippen LogP contribution in [0.1, 0.15) is 17.0 Å². The molecule has 0 aliphatic heterocycles. The Balaban J connectivity index is 1.73. The molecule has 0 bridgehead atoms. The van der Waals surface area contributed by atoms with Crippen LogP contribution < -0.4 is 0 Å². The fourth-order valence-electron chi connectivity index (χ4n) is 2.79. The van der Waals surface area contributed by atoms with Gasteiger partial charge in [-0.3, -0.25) is 4.98 Å². The molecule has 0 atom stereocenters. The van der Waals surface area contributed by atoms with Gasteiger partial charge in [0, 0.05) is 47.7 Å². The molecule has 0 aliphatic carbocycles. The van der Waals surface area contributed by atoms with Crippen molar-refractivity contribution >= 4 is 10.9 Å². The summed E-state index contributed by atoms with van der Waals surface area (Å²) in [6.07, 6.45) is 8.19. The predicted octanol–water partition coefficient (Wildman–Crippen LogP) is 3.92. The van der Waals surface area contributed by atoms with Crippen LogP contribution in [0.5, 0.6) is 0 Å². The zero-order valence-electron chi connectivity index (χ0n) is 12.8. The van der Waals surface area contributed by atoms with E-state index in [0.29, 0.717) is 0 Å². The summed E-state index contributed by atoms with van der Waals surface area (Å²) in [7, 11) is 0. The summed E-state index contributed by atoms with van der Waals surface area (Å²) in [4.78, 5) is 16.6. The number of benzene rings is 1. The highest BCUT2D eigenvalue weighted by molar-refractivity contribution is 5.93. The largest absolute Gasteiger partial charge is 0.360 e. The molecule has 1 aromatic carbocycles. The maximum atomic E-state index is 4.74. The maximum Gasteiger partial charge on any atom is 0.133 e. The molecular formula is C19H16N4. The minimum Gasteiger partial charge on any atom is -0.360 e. The third-order valence-corrected chi connectivity index (χ3v) is 4.07. The highest BCUT2D eigenvalue weighted by Gasteiger charge is 2.09. The second-order valence-corrected chi connectivity index (χ2v) is 5.58. The van der Waals surface area contributed by atoms with Gasteiger partial charge in [-0.25, -0.2) is 9.97 Å². The molecule has 0 radical (unpaired) electrons. The highest BCUT2D eigenvalue weighted by atomic mass is 14.9. The number of H-pyrrole nitrogens is 1. The average molecular weight is 300 g/mol. The lowest BCUT2D eigenvalue weighted by molar-refractivity contribution is 0.965. The lowest BCUT2D eigenvalue weighted by Crippen LogP contribution is -1.99. The fourth-order valence-corrected chi connectivity index (χ4v) is 2.79. The van der Waals surface area contributed by atoms with Crippen LogP contribution in [0, 0.1) is 6.92 Å². The zero-order valence-corrected chi connectivity index (χ0v) is 12.8. The number of hydrogen-bond donors (Lipinski definition) is 1. The lowest BCUT2D eigenvalue weighted by atomic mass is 10.1. The molecular weight excluding hydrogens is 284 g/mol. The minimum atomic E-state index is 0.737. The normalized spacial score (nSPS) is 11.0. The van der Waals surface area contributed by atoms with Crippen molar-refractivity contribution in [3.05, 3.63) is 78.1 Å². The molecule has 4 nitrogen and oxygen atoms in total. The minimum absolute atomic E-state index is 0.737. The van der Waals surface area contributed by atoms with Gasteiger partial charge in [-0.05, 0) is 30.2 Å². The molecule has 0 saturated carbocycles. The molecule has 0 unspecified atom stereocenters. The Hall–Kier alpha value is -3.01. The number of pyridine rings is 1. The summed E-state index contributed by atoms with van der Waals surface area (Å²) < 4.78 is 0. The van der Waals surface area contributed by atoms with Gasteiger partial charge in [-0.1, -0.05) is 24.3 Å². The Morgan fingerprint density at radius 3 is 2.87 bits per heavy atom. The number of aromatic nitrogens is 4. The summed E-state index contributed by atoms with van der Waals surface area (Å²) in [5, 5.41) is 1.08. The number of fused-ring (bicyclic) bond motifs is 1. The topological polar surface area (TPSA) is 54.5 Å². The first-order valence-electron chi connectivity index (χ1n) is 7.59. The van der Waals surface area contributed by atoms with Crippen molar-refractivity contribution in [1.29, 1.82) is 0 Å². The molecule has 0 amide bonds. The molecule has 4 heteroatoms. The van der Waals surface area contributed by atoms with Gasteiger partial charge < -0.3 is 4.98 Å². The molecule has 0 saturated heterocycles. The second kappa shape index (κ2) is 5.65. The van der Waals surface area contributed by atoms with E-state index in [1.54, 1.807) is 6.20 Å². The van der Waals surface area contributed by atoms with Crippen molar-refractivity contribution in [1.82, 2.24) is 19.9 Å². The van der Waals surface area contributed by atoms with E-state index in [0.717, 1.165) is 34.4 Å². The molecule has 1 N–H and O–H groups in total. The first kappa shape index (κ1) is 13.6. The van der Waals surface area contributed by atoms with Crippen LogP contribution in [0.4, 0.5) is 0 Å². The SMILES string of the molecule is Cc1ccccc1Cc1nccc(-c2c[nH]c3ccncc23)n1. The third-order valence-electron chi connectivity index (χ3n) is 4.07. The van der Waals surface area contributed by atoms with E-state index < -0.39 is 0 Å². The van der Waals surface area contributed by atoms with Crippen LogP contribution in [0.3, 0.4) is 0 Å². The Kier molecular flexibility index (Phi) is 3.35. The van der Waals surface area contributed by atoms with Crippen molar-refractivity contribution in [2.45, 2.75) is 13.3 Å². The smallest absolute Gasteiger partial charge is 0.133 e. The summed E-state index contributed by atoms with van der Waals surface area (Å²) >= 11 is 0. The first-order valence-corrected chi connectivity index (χ1v) is 7.59. The van der Waals surface area contributed by atoms with Gasteiger partial charge in [0.1, 0.15) is 5.82 Å². The van der Waals surface area contributed by atoms with E-state index in [9.17, 15) is 0 Å². The molecule has 23 heavy (non-hydrogen) atoms. The van der Waals surface area contributed by atoms with Gasteiger partial charge >= 0.3 is 0 Å². The maximum absolute atomic E-state index is 4.74. The predicted molar refractivity (Wildman–Crippen MR) is 91.1 cm³/mol. The number of hydrogen-bond acceptors (Lipinski definition) is 3. The molecule has 0 spiro atoms. The van der Waals surface area contributed by atoms with Gasteiger partial charge in [0.05, 0.1) is 5.69 Å². The van der Waals surface area contributed by atoms with Crippen LogP contribution in [0.15, 0.2) is 61.2 Å². The number of aryl methyl sites for hydroxylation is 1. The molecule has 0 aliphatic rings. The van der Waals surface area contributed by atoms with Gasteiger partial charge in [0.2, 0.25) is 0 Å². The summed E-state index contributed by atoms with van der Waals surface area (Å²) in [5.41, 5.74) is 5.56. The third kappa shape index (κ3) is 2.59. The van der Waals surface area contributed by atoms with E-state index in [1.165, 1.54) is 11.1 Å². The van der Waals surface area contributed by atoms with Crippen molar-refractivity contribution in [3.8, 4) is 11.3 Å². The molecule has 3 heterocycles. The Labute approximate surface area is 134 Å². The van der Waals surface area contributed by atoms with Gasteiger partial charge in [0.15, 0.2) is 0 Å². The van der Waals surface area contributed by atoms with Crippen molar-refractivity contribution in [2.75, 3.05) is 0 Å². The van der Waals surface area contributed by atoms with Gasteiger partial charge in [0.25, 0.3) is 0 Å².